The summed E-state index contributed by atoms with van der Waals surface area (Å²) >= 11 is 1.68. The van der Waals surface area contributed by atoms with Crippen LogP contribution in [-0.4, -0.2) is 46.0 Å². The number of furan rings is 1. The van der Waals surface area contributed by atoms with E-state index < -0.39 is 5.97 Å². The molecule has 0 aliphatic carbocycles. The second kappa shape index (κ2) is 5.27. The van der Waals surface area contributed by atoms with Crippen molar-refractivity contribution in [2.45, 2.75) is 12.5 Å². The van der Waals surface area contributed by atoms with Crippen LogP contribution in [0.15, 0.2) is 22.8 Å². The number of hydrogen-bond donors (Lipinski definition) is 1. The highest BCUT2D eigenvalue weighted by molar-refractivity contribution is 7.99. The fourth-order valence-corrected chi connectivity index (χ4v) is 2.90. The Morgan fingerprint density at radius 1 is 1.59 bits per heavy atom. The van der Waals surface area contributed by atoms with Crippen LogP contribution in [0.3, 0.4) is 0 Å². The van der Waals surface area contributed by atoms with E-state index in [4.69, 9.17) is 9.52 Å². The second-order valence-corrected chi connectivity index (χ2v) is 4.95. The molecule has 5 nitrogen and oxygen atoms in total. The first-order valence-electron chi connectivity index (χ1n) is 5.32. The van der Waals surface area contributed by atoms with E-state index >= 15 is 0 Å². The van der Waals surface area contributed by atoms with Crippen molar-refractivity contribution in [1.29, 1.82) is 0 Å². The number of nitrogens with zero attached hydrogens (tertiary/aromatic N) is 1. The Balaban J connectivity index is 2.10. The molecule has 0 aromatic carbocycles. The van der Waals surface area contributed by atoms with Gasteiger partial charge in [-0.15, -0.1) is 0 Å². The number of thioether (sulfide) groups is 1. The van der Waals surface area contributed by atoms with E-state index in [1.165, 1.54) is 6.26 Å². The lowest BCUT2D eigenvalue weighted by atomic mass is 10.2. The average Bonchev–Trinajstić information content (AvgIpc) is 2.81. The highest BCUT2D eigenvalue weighted by Gasteiger charge is 2.30. The zero-order valence-corrected chi connectivity index (χ0v) is 9.98. The van der Waals surface area contributed by atoms with Crippen molar-refractivity contribution in [3.63, 3.8) is 0 Å². The molecule has 1 fully saturated rings. The topological polar surface area (TPSA) is 70.8 Å². The van der Waals surface area contributed by atoms with Crippen LogP contribution in [0, 0.1) is 0 Å². The molecule has 0 saturated carbocycles. The third-order valence-electron chi connectivity index (χ3n) is 2.63. The Morgan fingerprint density at radius 2 is 2.41 bits per heavy atom. The smallest absolute Gasteiger partial charge is 0.305 e. The van der Waals surface area contributed by atoms with E-state index in [1.807, 2.05) is 0 Å². The lowest BCUT2D eigenvalue weighted by molar-refractivity contribution is -0.138. The van der Waals surface area contributed by atoms with Crippen molar-refractivity contribution >= 4 is 23.6 Å². The summed E-state index contributed by atoms with van der Waals surface area (Å²) in [6.45, 7) is 0.572. The predicted molar refractivity (Wildman–Crippen MR) is 63.1 cm³/mol. The van der Waals surface area contributed by atoms with Crippen LogP contribution in [0.5, 0.6) is 0 Å². The summed E-state index contributed by atoms with van der Waals surface area (Å²) < 4.78 is 5.06. The molecule has 1 atom stereocenters. The van der Waals surface area contributed by atoms with Crippen LogP contribution in [-0.2, 0) is 4.79 Å². The van der Waals surface area contributed by atoms with E-state index in [0.29, 0.717) is 12.3 Å². The highest BCUT2D eigenvalue weighted by Crippen LogP contribution is 2.21. The lowest BCUT2D eigenvalue weighted by Crippen LogP contribution is -2.47. The van der Waals surface area contributed by atoms with Crippen molar-refractivity contribution < 1.29 is 19.1 Å². The molecule has 1 saturated heterocycles. The summed E-state index contributed by atoms with van der Waals surface area (Å²) in [5.74, 6) is 0.671. The zero-order valence-electron chi connectivity index (χ0n) is 9.17. The molecule has 2 heterocycles. The van der Waals surface area contributed by atoms with Gasteiger partial charge in [-0.1, -0.05) is 0 Å². The molecule has 1 aromatic rings. The SMILES string of the molecule is O=C(O)CC1CSCCN1C(=O)c1ccco1. The number of hydrogen-bond acceptors (Lipinski definition) is 4. The van der Waals surface area contributed by atoms with Gasteiger partial charge in [-0.3, -0.25) is 9.59 Å². The van der Waals surface area contributed by atoms with Crippen LogP contribution in [0.4, 0.5) is 0 Å². The van der Waals surface area contributed by atoms with E-state index in [2.05, 4.69) is 0 Å². The molecule has 92 valence electrons. The molecule has 1 aliphatic rings. The van der Waals surface area contributed by atoms with Gasteiger partial charge >= 0.3 is 5.97 Å². The number of carbonyl (C=O) groups excluding carboxylic acids is 1. The maximum atomic E-state index is 12.1. The first kappa shape index (κ1) is 12.0. The summed E-state index contributed by atoms with van der Waals surface area (Å²) in [5.41, 5.74) is 0. The molecule has 1 amide bonds. The summed E-state index contributed by atoms with van der Waals surface area (Å²) in [7, 11) is 0. The Bertz CT molecular complexity index is 404. The fraction of sp³-hybridized carbons (Fsp3) is 0.455. The minimum Gasteiger partial charge on any atom is -0.481 e. The monoisotopic (exact) mass is 255 g/mol. The number of carbonyl (C=O) groups is 2. The minimum atomic E-state index is -0.880. The molecule has 1 N–H and O–H groups in total. The molecule has 0 bridgehead atoms. The molecular weight excluding hydrogens is 242 g/mol. The van der Waals surface area contributed by atoms with Gasteiger partial charge in [-0.05, 0) is 12.1 Å². The van der Waals surface area contributed by atoms with Gasteiger partial charge in [0.05, 0.1) is 18.7 Å². The molecule has 6 heteroatoms. The normalized spacial score (nSPS) is 20.2. The van der Waals surface area contributed by atoms with Gasteiger partial charge in [0.15, 0.2) is 5.76 Å². The molecule has 2 rings (SSSR count). The van der Waals surface area contributed by atoms with Gasteiger partial charge in [0.1, 0.15) is 0 Å². The number of rotatable bonds is 3. The maximum Gasteiger partial charge on any atom is 0.305 e. The number of carboxylic acids is 1. The van der Waals surface area contributed by atoms with Gasteiger partial charge in [-0.25, -0.2) is 0 Å². The van der Waals surface area contributed by atoms with Crippen LogP contribution in [0.2, 0.25) is 0 Å². The standard InChI is InChI=1S/C11H13NO4S/c13-10(14)6-8-7-17-5-3-12(8)11(15)9-2-1-4-16-9/h1-2,4,8H,3,5-7H2,(H,13,14). The van der Waals surface area contributed by atoms with Gasteiger partial charge < -0.3 is 14.4 Å². The molecule has 0 radical (unpaired) electrons. The number of carboxylic acid groups (broad SMARTS) is 1. The third-order valence-corrected chi connectivity index (χ3v) is 3.72. The van der Waals surface area contributed by atoms with Crippen LogP contribution in [0.1, 0.15) is 17.0 Å². The number of aliphatic carboxylic acids is 1. The zero-order chi connectivity index (χ0) is 12.3. The van der Waals surface area contributed by atoms with Crippen LogP contribution >= 0.6 is 11.8 Å². The van der Waals surface area contributed by atoms with E-state index in [-0.39, 0.29) is 24.1 Å². The summed E-state index contributed by atoms with van der Waals surface area (Å²) in [4.78, 5) is 24.4. The molecule has 17 heavy (non-hydrogen) atoms. The van der Waals surface area contributed by atoms with Gasteiger partial charge in [0.25, 0.3) is 5.91 Å². The van der Waals surface area contributed by atoms with Crippen LogP contribution in [0.25, 0.3) is 0 Å². The number of amides is 1. The van der Waals surface area contributed by atoms with E-state index in [9.17, 15) is 9.59 Å². The summed E-state index contributed by atoms with van der Waals surface area (Å²) in [5, 5.41) is 8.83. The van der Waals surface area contributed by atoms with Gasteiger partial charge in [0, 0.05) is 18.1 Å². The van der Waals surface area contributed by atoms with E-state index in [0.717, 1.165) is 5.75 Å². The fourth-order valence-electron chi connectivity index (χ4n) is 1.83. The van der Waals surface area contributed by atoms with Gasteiger partial charge in [-0.2, -0.15) is 11.8 Å². The van der Waals surface area contributed by atoms with Crippen molar-refractivity contribution in [3.8, 4) is 0 Å². The Kier molecular flexibility index (Phi) is 3.73. The first-order valence-corrected chi connectivity index (χ1v) is 6.48. The average molecular weight is 255 g/mol. The van der Waals surface area contributed by atoms with Crippen LogP contribution < -0.4 is 0 Å². The van der Waals surface area contributed by atoms with Crippen molar-refractivity contribution in [2.75, 3.05) is 18.1 Å². The molecule has 1 aromatic heterocycles. The minimum absolute atomic E-state index is 0.0144. The quantitative estimate of drug-likeness (QED) is 0.881. The van der Waals surface area contributed by atoms with E-state index in [1.54, 1.807) is 28.8 Å². The predicted octanol–water partition coefficient (Wildman–Crippen LogP) is 1.31. The maximum absolute atomic E-state index is 12.1. The lowest BCUT2D eigenvalue weighted by Gasteiger charge is -2.33. The van der Waals surface area contributed by atoms with Crippen molar-refractivity contribution in [1.82, 2.24) is 4.90 Å². The molecule has 1 aliphatic heterocycles. The summed E-state index contributed by atoms with van der Waals surface area (Å²) in [6.07, 6.45) is 1.43. The molecule has 1 unspecified atom stereocenters. The molecular formula is C11H13NO4S. The van der Waals surface area contributed by atoms with Gasteiger partial charge in [0.2, 0.25) is 0 Å². The third kappa shape index (κ3) is 2.82. The largest absolute Gasteiger partial charge is 0.481 e. The Labute approximate surface area is 103 Å². The summed E-state index contributed by atoms with van der Waals surface area (Å²) in [6, 6.07) is 3.00. The van der Waals surface area contributed by atoms with Crippen molar-refractivity contribution in [3.05, 3.63) is 24.2 Å². The highest BCUT2D eigenvalue weighted by atomic mass is 32.2. The Hall–Kier alpha value is -1.43. The Morgan fingerprint density at radius 3 is 3.06 bits per heavy atom. The second-order valence-electron chi connectivity index (χ2n) is 3.80. The first-order chi connectivity index (χ1) is 8.18. The molecule has 0 spiro atoms. The van der Waals surface area contributed by atoms with Crippen molar-refractivity contribution in [2.24, 2.45) is 0 Å².